The number of unbranched alkanes of at least 4 members (excludes halogenated alkanes) is 1. The molecule has 2 saturated heterocycles. The first-order chi connectivity index (χ1) is 21.7. The Morgan fingerprint density at radius 2 is 1.25 bits per heavy atom. The predicted octanol–water partition coefficient (Wildman–Crippen LogP) is 8.71. The van der Waals surface area contributed by atoms with Gasteiger partial charge in [-0.05, 0) is 109 Å². The molecular formula is C41H70N2O5. The van der Waals surface area contributed by atoms with Crippen LogP contribution in [0.5, 0.6) is 5.75 Å². The largest absolute Gasteiger partial charge is 0.507 e. The second kappa shape index (κ2) is 13.9. The van der Waals surface area contributed by atoms with Crippen LogP contribution >= 0.6 is 0 Å². The third-order valence-electron chi connectivity index (χ3n) is 11.8. The van der Waals surface area contributed by atoms with Crippen LogP contribution in [0.3, 0.4) is 0 Å². The Kier molecular flexibility index (Phi) is 11.7. The Hall–Kier alpha value is -2.12. The van der Waals surface area contributed by atoms with E-state index in [-0.39, 0.29) is 57.9 Å². The van der Waals surface area contributed by atoms with Crippen LogP contribution in [0.2, 0.25) is 0 Å². The van der Waals surface area contributed by atoms with E-state index in [4.69, 9.17) is 9.47 Å². The minimum Gasteiger partial charge on any atom is -0.507 e. The Morgan fingerprint density at radius 1 is 0.812 bits per heavy atom. The maximum atomic E-state index is 14.9. The molecule has 274 valence electrons. The fourth-order valence-corrected chi connectivity index (χ4v) is 8.19. The molecule has 7 heteroatoms. The van der Waals surface area contributed by atoms with Gasteiger partial charge in [0.05, 0.1) is 0 Å². The average Bonchev–Trinajstić information content (AvgIpc) is 2.91. The molecule has 0 saturated carbocycles. The molecule has 2 heterocycles. The molecule has 48 heavy (non-hydrogen) atoms. The molecule has 7 nitrogen and oxygen atoms in total. The molecule has 2 aliphatic rings. The zero-order chi connectivity index (χ0) is 36.8. The molecule has 1 N–H and O–H groups in total. The summed E-state index contributed by atoms with van der Waals surface area (Å²) in [4.78, 5) is 34.5. The Morgan fingerprint density at radius 3 is 1.67 bits per heavy atom. The van der Waals surface area contributed by atoms with Crippen molar-refractivity contribution in [3.63, 3.8) is 0 Å². The van der Waals surface area contributed by atoms with Crippen LogP contribution in [0.1, 0.15) is 159 Å². The van der Waals surface area contributed by atoms with Gasteiger partial charge in [0.15, 0.2) is 5.41 Å². The standard InChI is InChI=1S/C41H70N2O5/c1-17-18-19-41(34(45)47-29-20-27(2)42(15)38(9,10)24-29,35(46)48-30-25-39(11,12)43(16)40(13,14)26-30)23-28-21-31(36(3,4)5)33(44)32(22-28)37(6,7)8/h21-22,27,29-30,44H,17-20,23-26H2,1-16H3. The van der Waals surface area contributed by atoms with Crippen molar-refractivity contribution in [2.45, 2.75) is 194 Å². The molecule has 2 aliphatic heterocycles. The number of piperidine rings is 2. The fourth-order valence-electron chi connectivity index (χ4n) is 8.19. The van der Waals surface area contributed by atoms with Gasteiger partial charge in [0, 0.05) is 41.9 Å². The van der Waals surface area contributed by atoms with Crippen LogP contribution in [0.25, 0.3) is 0 Å². The van der Waals surface area contributed by atoms with Gasteiger partial charge in [-0.15, -0.1) is 0 Å². The van der Waals surface area contributed by atoms with Crippen molar-refractivity contribution in [3.05, 3.63) is 28.8 Å². The lowest BCUT2D eigenvalue weighted by atomic mass is 9.73. The monoisotopic (exact) mass is 671 g/mol. The van der Waals surface area contributed by atoms with Gasteiger partial charge >= 0.3 is 11.9 Å². The number of carbonyl (C=O) groups excluding carboxylic acids is 2. The second-order valence-electron chi connectivity index (χ2n) is 19.3. The first-order valence-electron chi connectivity index (χ1n) is 18.4. The van der Waals surface area contributed by atoms with Crippen molar-refractivity contribution >= 4 is 11.9 Å². The number of carbonyl (C=O) groups is 2. The third-order valence-corrected chi connectivity index (χ3v) is 11.8. The number of phenolic OH excluding ortho intramolecular Hbond substituents is 1. The minimum absolute atomic E-state index is 0.152. The maximum Gasteiger partial charge on any atom is 0.324 e. The van der Waals surface area contributed by atoms with Gasteiger partial charge in [-0.1, -0.05) is 73.4 Å². The summed E-state index contributed by atoms with van der Waals surface area (Å²) >= 11 is 0. The number of ether oxygens (including phenoxy) is 2. The van der Waals surface area contributed by atoms with Gasteiger partial charge in [-0.25, -0.2) is 0 Å². The van der Waals surface area contributed by atoms with Crippen molar-refractivity contribution in [1.29, 1.82) is 0 Å². The maximum absolute atomic E-state index is 14.9. The highest BCUT2D eigenvalue weighted by molar-refractivity contribution is 6.00. The third kappa shape index (κ3) is 8.60. The molecule has 3 unspecified atom stereocenters. The number of aromatic hydroxyl groups is 1. The summed E-state index contributed by atoms with van der Waals surface area (Å²) in [7, 11) is 4.26. The summed E-state index contributed by atoms with van der Waals surface area (Å²) in [5, 5.41) is 11.5. The molecular weight excluding hydrogens is 600 g/mol. The molecule has 0 bridgehead atoms. The van der Waals surface area contributed by atoms with Gasteiger partial charge in [-0.3, -0.25) is 19.4 Å². The number of likely N-dealkylation sites (tertiary alicyclic amines) is 2. The van der Waals surface area contributed by atoms with Gasteiger partial charge in [-0.2, -0.15) is 0 Å². The van der Waals surface area contributed by atoms with Gasteiger partial charge in [0.2, 0.25) is 0 Å². The van der Waals surface area contributed by atoms with Crippen LogP contribution in [-0.4, -0.2) is 75.8 Å². The first-order valence-corrected chi connectivity index (χ1v) is 18.4. The minimum atomic E-state index is -1.52. The topological polar surface area (TPSA) is 79.3 Å². The summed E-state index contributed by atoms with van der Waals surface area (Å²) in [6, 6.07) is 4.22. The summed E-state index contributed by atoms with van der Waals surface area (Å²) < 4.78 is 13.0. The Balaban J connectivity index is 2.18. The summed E-state index contributed by atoms with van der Waals surface area (Å²) in [6.45, 7) is 29.9. The lowest BCUT2D eigenvalue weighted by Crippen LogP contribution is -2.61. The number of benzene rings is 1. The van der Waals surface area contributed by atoms with E-state index >= 15 is 0 Å². The summed E-state index contributed by atoms with van der Waals surface area (Å²) in [6.07, 6.45) is 4.13. The van der Waals surface area contributed by atoms with Crippen LogP contribution in [-0.2, 0) is 36.3 Å². The van der Waals surface area contributed by atoms with Crippen molar-refractivity contribution in [2.24, 2.45) is 5.41 Å². The van der Waals surface area contributed by atoms with E-state index in [1.807, 2.05) is 12.1 Å². The van der Waals surface area contributed by atoms with E-state index < -0.39 is 17.4 Å². The molecule has 0 spiro atoms. The van der Waals surface area contributed by atoms with Crippen LogP contribution < -0.4 is 0 Å². The van der Waals surface area contributed by atoms with E-state index in [0.29, 0.717) is 38.5 Å². The summed E-state index contributed by atoms with van der Waals surface area (Å²) in [5.74, 6) is -0.681. The quantitative estimate of drug-likeness (QED) is 0.208. The van der Waals surface area contributed by atoms with Crippen molar-refractivity contribution in [3.8, 4) is 5.75 Å². The van der Waals surface area contributed by atoms with E-state index in [9.17, 15) is 14.7 Å². The first kappa shape index (κ1) is 40.3. The van der Waals surface area contributed by atoms with Gasteiger partial charge < -0.3 is 14.6 Å². The molecule has 3 atom stereocenters. The van der Waals surface area contributed by atoms with Crippen LogP contribution in [0.15, 0.2) is 12.1 Å². The number of phenols is 1. The van der Waals surface area contributed by atoms with E-state index in [1.165, 1.54) is 0 Å². The zero-order valence-electron chi connectivity index (χ0n) is 33.5. The second-order valence-corrected chi connectivity index (χ2v) is 19.3. The van der Waals surface area contributed by atoms with E-state index in [2.05, 4.69) is 121 Å². The number of hydrogen-bond donors (Lipinski definition) is 1. The molecule has 1 aromatic carbocycles. The Labute approximate surface area is 293 Å². The number of esters is 2. The van der Waals surface area contributed by atoms with Gasteiger partial charge in [0.25, 0.3) is 0 Å². The van der Waals surface area contributed by atoms with Crippen molar-refractivity contribution in [2.75, 3.05) is 14.1 Å². The van der Waals surface area contributed by atoms with Crippen molar-refractivity contribution < 1.29 is 24.2 Å². The highest BCUT2D eigenvalue weighted by atomic mass is 16.6. The smallest absolute Gasteiger partial charge is 0.324 e. The molecule has 0 amide bonds. The fraction of sp³-hybridized carbons (Fsp3) is 0.805. The van der Waals surface area contributed by atoms with Crippen LogP contribution in [0, 0.1) is 5.41 Å². The molecule has 3 rings (SSSR count). The van der Waals surface area contributed by atoms with E-state index in [0.717, 1.165) is 23.1 Å². The molecule has 2 fully saturated rings. The lowest BCUT2D eigenvalue weighted by molar-refractivity contribution is -0.187. The molecule has 1 aromatic rings. The predicted molar refractivity (Wildman–Crippen MR) is 197 cm³/mol. The number of hydrogen-bond acceptors (Lipinski definition) is 7. The highest BCUT2D eigenvalue weighted by Crippen LogP contribution is 2.44. The Bertz CT molecular complexity index is 1260. The molecule has 0 radical (unpaired) electrons. The van der Waals surface area contributed by atoms with Crippen molar-refractivity contribution in [1.82, 2.24) is 9.80 Å². The highest BCUT2D eigenvalue weighted by Gasteiger charge is 2.53. The lowest BCUT2D eigenvalue weighted by Gasteiger charge is -2.53. The molecule has 0 aromatic heterocycles. The number of rotatable bonds is 9. The average molecular weight is 671 g/mol. The van der Waals surface area contributed by atoms with Gasteiger partial charge in [0.1, 0.15) is 18.0 Å². The summed E-state index contributed by atoms with van der Waals surface area (Å²) in [5.41, 5.74) is -0.296. The SMILES string of the molecule is CCCCC(Cc1cc(C(C)(C)C)c(O)c(C(C)(C)C)c1)(C(=O)OC1CC(C)N(C)C(C)(C)C1)C(=O)OC1CC(C)(C)N(C)C(C)(C)C1. The number of nitrogens with zero attached hydrogens (tertiary/aromatic N) is 2. The normalized spacial score (nSPS) is 24.9. The van der Waals surface area contributed by atoms with Crippen LogP contribution in [0.4, 0.5) is 0 Å². The zero-order valence-corrected chi connectivity index (χ0v) is 33.5. The van der Waals surface area contributed by atoms with E-state index in [1.54, 1.807) is 0 Å². The molecule has 0 aliphatic carbocycles.